The Bertz CT molecular complexity index is 872. The molecule has 2 aromatic rings. The summed E-state index contributed by atoms with van der Waals surface area (Å²) in [7, 11) is 3.10. The molecule has 0 unspecified atom stereocenters. The monoisotopic (exact) mass is 413 g/mol. The lowest BCUT2D eigenvalue weighted by atomic mass is 9.95. The van der Waals surface area contributed by atoms with Crippen molar-refractivity contribution in [2.24, 2.45) is 5.92 Å². The second kappa shape index (κ2) is 9.96. The number of carbonyl (C=O) groups is 2. The quantitative estimate of drug-likeness (QED) is 0.751. The Hall–Kier alpha value is -3.29. The highest BCUT2D eigenvalue weighted by Gasteiger charge is 2.28. The van der Waals surface area contributed by atoms with Crippen molar-refractivity contribution in [3.8, 4) is 17.4 Å². The van der Waals surface area contributed by atoms with Crippen LogP contribution in [0.1, 0.15) is 30.1 Å². The maximum Gasteiger partial charge on any atom is 0.254 e. The molecule has 0 spiro atoms. The number of pyridine rings is 1. The van der Waals surface area contributed by atoms with Crippen LogP contribution in [0, 0.1) is 5.92 Å². The zero-order valence-corrected chi connectivity index (χ0v) is 17.5. The van der Waals surface area contributed by atoms with E-state index in [1.165, 1.54) is 0 Å². The van der Waals surface area contributed by atoms with E-state index < -0.39 is 0 Å². The molecule has 8 heteroatoms. The predicted molar refractivity (Wildman–Crippen MR) is 112 cm³/mol. The molecule has 0 aliphatic carbocycles. The number of hydrogen-bond donors (Lipinski definition) is 1. The fraction of sp³-hybridized carbons (Fsp3) is 0.409. The van der Waals surface area contributed by atoms with Crippen molar-refractivity contribution in [2.75, 3.05) is 39.2 Å². The molecule has 0 saturated carbocycles. The first-order valence-corrected chi connectivity index (χ1v) is 9.96. The minimum atomic E-state index is -0.177. The van der Waals surface area contributed by atoms with Crippen molar-refractivity contribution < 1.29 is 23.8 Å². The SMILES string of the molecule is CCOc1ncccc1NC(=O)C1CCN(C(=O)c2cc(OC)cc(OC)c2)CC1. The number of carbonyl (C=O) groups excluding carboxylic acids is 2. The van der Waals surface area contributed by atoms with Gasteiger partial charge in [-0.15, -0.1) is 0 Å². The van der Waals surface area contributed by atoms with Crippen molar-refractivity contribution in [2.45, 2.75) is 19.8 Å². The van der Waals surface area contributed by atoms with Crippen LogP contribution >= 0.6 is 0 Å². The van der Waals surface area contributed by atoms with Crippen LogP contribution in [0.15, 0.2) is 36.5 Å². The van der Waals surface area contributed by atoms with Gasteiger partial charge in [-0.3, -0.25) is 9.59 Å². The molecular formula is C22H27N3O5. The topological polar surface area (TPSA) is 90.0 Å². The number of benzene rings is 1. The number of nitrogens with one attached hydrogen (secondary N) is 1. The van der Waals surface area contributed by atoms with Crippen LogP contribution in [-0.2, 0) is 4.79 Å². The van der Waals surface area contributed by atoms with Crippen molar-refractivity contribution in [1.29, 1.82) is 0 Å². The summed E-state index contributed by atoms with van der Waals surface area (Å²) >= 11 is 0. The molecule has 1 N–H and O–H groups in total. The lowest BCUT2D eigenvalue weighted by Crippen LogP contribution is -2.41. The highest BCUT2D eigenvalue weighted by atomic mass is 16.5. The number of rotatable bonds is 7. The van der Waals surface area contributed by atoms with E-state index in [2.05, 4.69) is 10.3 Å². The zero-order valence-electron chi connectivity index (χ0n) is 17.5. The standard InChI is InChI=1S/C22H27N3O5/c1-4-30-21-19(6-5-9-23-21)24-20(26)15-7-10-25(11-8-15)22(27)16-12-17(28-2)14-18(13-16)29-3/h5-6,9,12-15H,4,7-8,10-11H2,1-3H3,(H,24,26). The Labute approximate surface area is 176 Å². The van der Waals surface area contributed by atoms with Crippen molar-refractivity contribution in [3.05, 3.63) is 42.1 Å². The first-order valence-electron chi connectivity index (χ1n) is 9.96. The van der Waals surface area contributed by atoms with Gasteiger partial charge in [0.25, 0.3) is 5.91 Å². The van der Waals surface area contributed by atoms with E-state index in [1.54, 1.807) is 55.6 Å². The lowest BCUT2D eigenvalue weighted by Gasteiger charge is -2.31. The van der Waals surface area contributed by atoms with Crippen LogP contribution in [0.3, 0.4) is 0 Å². The molecule has 1 fully saturated rings. The molecule has 1 aliphatic heterocycles. The van der Waals surface area contributed by atoms with Crippen LogP contribution < -0.4 is 19.5 Å². The number of likely N-dealkylation sites (tertiary alicyclic amines) is 1. The molecule has 0 atom stereocenters. The molecule has 0 bridgehead atoms. The Kier molecular flexibility index (Phi) is 7.11. The summed E-state index contributed by atoms with van der Waals surface area (Å²) in [6.45, 7) is 3.34. The summed E-state index contributed by atoms with van der Waals surface area (Å²) in [6, 6.07) is 8.64. The van der Waals surface area contributed by atoms with Gasteiger partial charge in [0.1, 0.15) is 17.2 Å². The molecule has 160 valence electrons. The van der Waals surface area contributed by atoms with E-state index in [1.807, 2.05) is 6.92 Å². The number of methoxy groups -OCH3 is 2. The minimum Gasteiger partial charge on any atom is -0.497 e. The van der Waals surface area contributed by atoms with Crippen LogP contribution in [0.2, 0.25) is 0 Å². The van der Waals surface area contributed by atoms with Crippen LogP contribution in [0.5, 0.6) is 17.4 Å². The number of amides is 2. The van der Waals surface area contributed by atoms with Gasteiger partial charge in [0, 0.05) is 36.8 Å². The average Bonchev–Trinajstić information content (AvgIpc) is 2.79. The second-order valence-electron chi connectivity index (χ2n) is 6.95. The maximum absolute atomic E-state index is 12.9. The second-order valence-corrected chi connectivity index (χ2v) is 6.95. The van der Waals surface area contributed by atoms with Gasteiger partial charge in [-0.1, -0.05) is 0 Å². The molecule has 8 nitrogen and oxygen atoms in total. The van der Waals surface area contributed by atoms with Crippen molar-refractivity contribution in [1.82, 2.24) is 9.88 Å². The normalized spacial score (nSPS) is 14.2. The van der Waals surface area contributed by atoms with Crippen LogP contribution in [-0.4, -0.2) is 55.6 Å². The smallest absolute Gasteiger partial charge is 0.254 e. The summed E-state index contributed by atoms with van der Waals surface area (Å²) in [5, 5.41) is 2.91. The van der Waals surface area contributed by atoms with E-state index in [0.29, 0.717) is 61.2 Å². The number of anilines is 1. The zero-order chi connectivity index (χ0) is 21.5. The molecule has 2 amide bonds. The van der Waals surface area contributed by atoms with E-state index in [0.717, 1.165) is 0 Å². The Morgan fingerprint density at radius 2 is 1.80 bits per heavy atom. The maximum atomic E-state index is 12.9. The van der Waals surface area contributed by atoms with Crippen LogP contribution in [0.4, 0.5) is 5.69 Å². The number of piperidine rings is 1. The molecular weight excluding hydrogens is 386 g/mol. The van der Waals surface area contributed by atoms with Gasteiger partial charge in [0.05, 0.1) is 20.8 Å². The van der Waals surface area contributed by atoms with E-state index in [-0.39, 0.29) is 17.7 Å². The fourth-order valence-corrected chi connectivity index (χ4v) is 3.43. The Morgan fingerprint density at radius 1 is 1.13 bits per heavy atom. The van der Waals surface area contributed by atoms with Crippen molar-refractivity contribution >= 4 is 17.5 Å². The molecule has 1 aromatic heterocycles. The largest absolute Gasteiger partial charge is 0.497 e. The summed E-state index contributed by atoms with van der Waals surface area (Å²) in [5.74, 6) is 1.18. The molecule has 3 rings (SSSR count). The number of aromatic nitrogens is 1. The molecule has 2 heterocycles. The third-order valence-electron chi connectivity index (χ3n) is 5.06. The fourth-order valence-electron chi connectivity index (χ4n) is 3.43. The summed E-state index contributed by atoms with van der Waals surface area (Å²) in [6.07, 6.45) is 2.80. The lowest BCUT2D eigenvalue weighted by molar-refractivity contribution is -0.121. The third kappa shape index (κ3) is 5.00. The summed E-state index contributed by atoms with van der Waals surface area (Å²) < 4.78 is 16.0. The van der Waals surface area contributed by atoms with Crippen molar-refractivity contribution in [3.63, 3.8) is 0 Å². The first kappa shape index (κ1) is 21.4. The molecule has 1 aromatic carbocycles. The Balaban J connectivity index is 1.61. The molecule has 30 heavy (non-hydrogen) atoms. The van der Waals surface area contributed by atoms with Gasteiger partial charge in [-0.05, 0) is 44.0 Å². The van der Waals surface area contributed by atoms with E-state index in [9.17, 15) is 9.59 Å². The van der Waals surface area contributed by atoms with E-state index >= 15 is 0 Å². The Morgan fingerprint density at radius 3 is 2.40 bits per heavy atom. The third-order valence-corrected chi connectivity index (χ3v) is 5.06. The van der Waals surface area contributed by atoms with Gasteiger partial charge >= 0.3 is 0 Å². The molecule has 0 radical (unpaired) electrons. The number of nitrogens with zero attached hydrogens (tertiary/aromatic N) is 2. The number of ether oxygens (including phenoxy) is 3. The predicted octanol–water partition coefficient (Wildman–Crippen LogP) is 2.99. The van der Waals surface area contributed by atoms with E-state index in [4.69, 9.17) is 14.2 Å². The number of hydrogen-bond acceptors (Lipinski definition) is 6. The summed E-state index contributed by atoms with van der Waals surface area (Å²) in [4.78, 5) is 31.5. The molecule has 1 saturated heterocycles. The van der Waals surface area contributed by atoms with Gasteiger partial charge < -0.3 is 24.4 Å². The first-order chi connectivity index (χ1) is 14.5. The molecule has 1 aliphatic rings. The van der Waals surface area contributed by atoms with Gasteiger partial charge in [0.15, 0.2) is 0 Å². The highest BCUT2D eigenvalue weighted by molar-refractivity contribution is 5.96. The minimum absolute atomic E-state index is 0.0842. The summed E-state index contributed by atoms with van der Waals surface area (Å²) in [5.41, 5.74) is 1.07. The van der Waals surface area contributed by atoms with Gasteiger partial charge in [-0.25, -0.2) is 4.98 Å². The van der Waals surface area contributed by atoms with Gasteiger partial charge in [0.2, 0.25) is 11.8 Å². The van der Waals surface area contributed by atoms with Gasteiger partial charge in [-0.2, -0.15) is 0 Å². The van der Waals surface area contributed by atoms with Crippen LogP contribution in [0.25, 0.3) is 0 Å². The highest BCUT2D eigenvalue weighted by Crippen LogP contribution is 2.27. The average molecular weight is 413 g/mol.